The molecule has 22 heavy (non-hydrogen) atoms. The van der Waals surface area contributed by atoms with Crippen molar-refractivity contribution in [2.75, 3.05) is 13.1 Å². The van der Waals surface area contributed by atoms with Gasteiger partial charge in [-0.3, -0.25) is 9.78 Å². The summed E-state index contributed by atoms with van der Waals surface area (Å²) in [6.07, 6.45) is 4.72. The molecular weight excluding hydrogens is 347 g/mol. The molecule has 2 aromatic rings. The lowest BCUT2D eigenvalue weighted by atomic mass is 10.1. The van der Waals surface area contributed by atoms with Crippen LogP contribution in [0.3, 0.4) is 0 Å². The van der Waals surface area contributed by atoms with E-state index in [0.717, 1.165) is 16.5 Å². The highest BCUT2D eigenvalue weighted by molar-refractivity contribution is 9.10. The third kappa shape index (κ3) is 4.63. The number of hydrogen-bond acceptors (Lipinski definition) is 2. The van der Waals surface area contributed by atoms with E-state index in [0.29, 0.717) is 25.1 Å². The quantitative estimate of drug-likeness (QED) is 0.773. The lowest BCUT2D eigenvalue weighted by Gasteiger charge is -2.22. The minimum Gasteiger partial charge on any atom is -0.338 e. The number of benzene rings is 1. The number of amides is 1. The number of carbonyl (C=O) groups is 1. The van der Waals surface area contributed by atoms with Gasteiger partial charge in [-0.05, 0) is 52.5 Å². The molecule has 0 saturated carbocycles. The van der Waals surface area contributed by atoms with Gasteiger partial charge in [-0.2, -0.15) is 0 Å². The van der Waals surface area contributed by atoms with Crippen molar-refractivity contribution in [2.24, 2.45) is 0 Å². The number of aromatic nitrogens is 1. The summed E-state index contributed by atoms with van der Waals surface area (Å²) in [5.41, 5.74) is 1.45. The first kappa shape index (κ1) is 16.6. The van der Waals surface area contributed by atoms with E-state index in [2.05, 4.69) is 20.9 Å². The Balaban J connectivity index is 2.07. The summed E-state index contributed by atoms with van der Waals surface area (Å²) in [6.45, 7) is 3.25. The summed E-state index contributed by atoms with van der Waals surface area (Å²) >= 11 is 3.33. The van der Waals surface area contributed by atoms with Crippen LogP contribution >= 0.6 is 15.9 Å². The van der Waals surface area contributed by atoms with Gasteiger partial charge in [0.05, 0.1) is 5.56 Å². The van der Waals surface area contributed by atoms with Gasteiger partial charge in [0, 0.05) is 30.0 Å². The summed E-state index contributed by atoms with van der Waals surface area (Å²) in [4.78, 5) is 18.4. The fourth-order valence-electron chi connectivity index (χ4n) is 2.25. The molecule has 3 nitrogen and oxygen atoms in total. The molecule has 1 aromatic carbocycles. The zero-order valence-corrected chi connectivity index (χ0v) is 14.0. The topological polar surface area (TPSA) is 33.2 Å². The summed E-state index contributed by atoms with van der Waals surface area (Å²) in [7, 11) is 0. The molecule has 0 unspecified atom stereocenters. The van der Waals surface area contributed by atoms with E-state index < -0.39 is 0 Å². The maximum atomic E-state index is 13.2. The van der Waals surface area contributed by atoms with Crippen LogP contribution in [0.2, 0.25) is 0 Å². The predicted molar refractivity (Wildman–Crippen MR) is 88.2 cm³/mol. The van der Waals surface area contributed by atoms with Crippen molar-refractivity contribution in [1.82, 2.24) is 9.88 Å². The van der Waals surface area contributed by atoms with Crippen LogP contribution in [-0.4, -0.2) is 28.9 Å². The van der Waals surface area contributed by atoms with Gasteiger partial charge in [0.1, 0.15) is 5.82 Å². The number of rotatable bonds is 6. The summed E-state index contributed by atoms with van der Waals surface area (Å²) in [5, 5.41) is 0. The Labute approximate surface area is 138 Å². The number of hydrogen-bond donors (Lipinski definition) is 0. The van der Waals surface area contributed by atoms with Crippen molar-refractivity contribution in [3.63, 3.8) is 0 Å². The van der Waals surface area contributed by atoms with Crippen LogP contribution in [0.1, 0.15) is 29.3 Å². The summed E-state index contributed by atoms with van der Waals surface area (Å²) in [5.74, 6) is -0.297. The Bertz CT molecular complexity index is 648. The lowest BCUT2D eigenvalue weighted by molar-refractivity contribution is 0.0757. The largest absolute Gasteiger partial charge is 0.338 e. The number of nitrogens with zero attached hydrogens (tertiary/aromatic N) is 2. The van der Waals surface area contributed by atoms with E-state index in [-0.39, 0.29) is 11.7 Å². The van der Waals surface area contributed by atoms with Gasteiger partial charge in [0.15, 0.2) is 0 Å². The van der Waals surface area contributed by atoms with E-state index in [4.69, 9.17) is 0 Å². The molecule has 0 aliphatic rings. The molecule has 0 atom stereocenters. The normalized spacial score (nSPS) is 10.5. The fraction of sp³-hybridized carbons (Fsp3) is 0.294. The molecule has 0 saturated heterocycles. The zero-order valence-electron chi connectivity index (χ0n) is 12.4. The molecule has 2 rings (SSSR count). The Hall–Kier alpha value is -1.75. The Morgan fingerprint density at radius 3 is 2.77 bits per heavy atom. The first-order valence-electron chi connectivity index (χ1n) is 7.24. The molecule has 0 fully saturated rings. The zero-order chi connectivity index (χ0) is 15.9. The molecule has 0 spiro atoms. The third-order valence-corrected chi connectivity index (χ3v) is 3.73. The maximum Gasteiger partial charge on any atom is 0.255 e. The predicted octanol–water partition coefficient (Wildman–Crippen LogP) is 4.08. The Kier molecular flexibility index (Phi) is 6.07. The van der Waals surface area contributed by atoms with Crippen LogP contribution in [0.15, 0.2) is 47.2 Å². The second kappa shape index (κ2) is 8.03. The average Bonchev–Trinajstić information content (AvgIpc) is 2.51. The monoisotopic (exact) mass is 364 g/mol. The molecule has 0 aliphatic carbocycles. The lowest BCUT2D eigenvalue weighted by Crippen LogP contribution is -2.33. The molecule has 1 amide bonds. The number of carbonyl (C=O) groups excluding carboxylic acids is 1. The fourth-order valence-corrected chi connectivity index (χ4v) is 2.62. The van der Waals surface area contributed by atoms with Crippen molar-refractivity contribution in [1.29, 1.82) is 0 Å². The second-order valence-corrected chi connectivity index (χ2v) is 5.98. The summed E-state index contributed by atoms with van der Waals surface area (Å²) < 4.78 is 14.0. The molecule has 0 aliphatic heterocycles. The molecule has 1 aromatic heterocycles. The van der Waals surface area contributed by atoms with Crippen LogP contribution in [-0.2, 0) is 6.42 Å². The van der Waals surface area contributed by atoms with Crippen LogP contribution in [0, 0.1) is 5.82 Å². The molecule has 0 radical (unpaired) electrons. The molecule has 0 bridgehead atoms. The SMILES string of the molecule is CCCN(CCc1cccc(F)c1)C(=O)c1cncc(Br)c1. The van der Waals surface area contributed by atoms with E-state index in [1.165, 1.54) is 12.1 Å². The molecule has 116 valence electrons. The van der Waals surface area contributed by atoms with Gasteiger partial charge in [0.25, 0.3) is 5.91 Å². The highest BCUT2D eigenvalue weighted by Gasteiger charge is 2.15. The van der Waals surface area contributed by atoms with Crippen LogP contribution < -0.4 is 0 Å². The van der Waals surface area contributed by atoms with Crippen molar-refractivity contribution in [3.05, 3.63) is 64.1 Å². The van der Waals surface area contributed by atoms with Gasteiger partial charge in [-0.25, -0.2) is 4.39 Å². The highest BCUT2D eigenvalue weighted by atomic mass is 79.9. The average molecular weight is 365 g/mol. The number of halogens is 2. The first-order chi connectivity index (χ1) is 10.6. The van der Waals surface area contributed by atoms with E-state index in [1.54, 1.807) is 29.4 Å². The minimum absolute atomic E-state index is 0.0490. The van der Waals surface area contributed by atoms with E-state index in [1.807, 2.05) is 13.0 Å². The second-order valence-electron chi connectivity index (χ2n) is 5.06. The molecular formula is C17H18BrFN2O. The first-order valence-corrected chi connectivity index (χ1v) is 8.03. The van der Waals surface area contributed by atoms with E-state index in [9.17, 15) is 9.18 Å². The van der Waals surface area contributed by atoms with Gasteiger partial charge in [0.2, 0.25) is 0 Å². The smallest absolute Gasteiger partial charge is 0.255 e. The van der Waals surface area contributed by atoms with Crippen molar-refractivity contribution in [3.8, 4) is 0 Å². The Morgan fingerprint density at radius 2 is 2.09 bits per heavy atom. The van der Waals surface area contributed by atoms with Gasteiger partial charge in [-0.1, -0.05) is 19.1 Å². The van der Waals surface area contributed by atoms with Gasteiger partial charge in [-0.15, -0.1) is 0 Å². The van der Waals surface area contributed by atoms with Gasteiger partial charge >= 0.3 is 0 Å². The minimum atomic E-state index is -0.248. The van der Waals surface area contributed by atoms with Crippen molar-refractivity contribution in [2.45, 2.75) is 19.8 Å². The van der Waals surface area contributed by atoms with Crippen LogP contribution in [0.25, 0.3) is 0 Å². The molecule has 1 heterocycles. The van der Waals surface area contributed by atoms with Crippen LogP contribution in [0.4, 0.5) is 4.39 Å². The summed E-state index contributed by atoms with van der Waals surface area (Å²) in [6, 6.07) is 8.26. The molecule has 0 N–H and O–H groups in total. The van der Waals surface area contributed by atoms with Crippen molar-refractivity contribution >= 4 is 21.8 Å². The van der Waals surface area contributed by atoms with E-state index >= 15 is 0 Å². The van der Waals surface area contributed by atoms with Crippen molar-refractivity contribution < 1.29 is 9.18 Å². The van der Waals surface area contributed by atoms with Crippen LogP contribution in [0.5, 0.6) is 0 Å². The highest BCUT2D eigenvalue weighted by Crippen LogP contribution is 2.13. The molecule has 5 heteroatoms. The maximum absolute atomic E-state index is 13.2. The van der Waals surface area contributed by atoms with Gasteiger partial charge < -0.3 is 4.90 Å². The number of pyridine rings is 1. The Morgan fingerprint density at radius 1 is 1.27 bits per heavy atom. The standard InChI is InChI=1S/C17H18BrFN2O/c1-2-7-21(8-6-13-4-3-5-16(19)9-13)17(22)14-10-15(18)12-20-11-14/h3-5,9-12H,2,6-8H2,1H3. The third-order valence-electron chi connectivity index (χ3n) is 3.29.